The molecule has 0 N–H and O–H groups in total. The predicted octanol–water partition coefficient (Wildman–Crippen LogP) is 6.30. The van der Waals surface area contributed by atoms with Gasteiger partial charge in [-0.05, 0) is 54.8 Å². The van der Waals surface area contributed by atoms with Crippen LogP contribution in [0.5, 0.6) is 0 Å². The van der Waals surface area contributed by atoms with E-state index in [1.807, 2.05) is 36.4 Å². The standard InChI is InChI=1S/C22H22ClFN2/c23-18-8-12-20(13-9-18)26-15-21(17-4-2-1-3-5-17)25-22(26)14-16-6-10-19(24)11-7-16/h6-13,15,17H,1-5,14H2. The maximum atomic E-state index is 13.2. The molecule has 2 nitrogen and oxygen atoms in total. The fourth-order valence-electron chi connectivity index (χ4n) is 3.77. The van der Waals surface area contributed by atoms with E-state index >= 15 is 0 Å². The second kappa shape index (κ2) is 7.63. The molecule has 1 fully saturated rings. The molecule has 3 aromatic rings. The lowest BCUT2D eigenvalue weighted by molar-refractivity contribution is 0.437. The first-order chi connectivity index (χ1) is 12.7. The van der Waals surface area contributed by atoms with Gasteiger partial charge in [0.15, 0.2) is 0 Å². The van der Waals surface area contributed by atoms with Gasteiger partial charge >= 0.3 is 0 Å². The number of hydrogen-bond acceptors (Lipinski definition) is 1. The van der Waals surface area contributed by atoms with Crippen molar-refractivity contribution in [2.75, 3.05) is 0 Å². The number of nitrogens with zero attached hydrogens (tertiary/aromatic N) is 2. The van der Waals surface area contributed by atoms with E-state index in [1.54, 1.807) is 0 Å². The van der Waals surface area contributed by atoms with Gasteiger partial charge in [0.2, 0.25) is 0 Å². The number of halogens is 2. The van der Waals surface area contributed by atoms with Crippen LogP contribution in [0, 0.1) is 5.82 Å². The summed E-state index contributed by atoms with van der Waals surface area (Å²) >= 11 is 6.05. The van der Waals surface area contributed by atoms with Gasteiger partial charge in [-0.1, -0.05) is 43.0 Å². The van der Waals surface area contributed by atoms with Gasteiger partial charge in [0.25, 0.3) is 0 Å². The Morgan fingerprint density at radius 2 is 1.65 bits per heavy atom. The lowest BCUT2D eigenvalue weighted by Crippen LogP contribution is -2.04. The second-order valence-corrected chi connectivity index (χ2v) is 7.50. The predicted molar refractivity (Wildman–Crippen MR) is 104 cm³/mol. The van der Waals surface area contributed by atoms with Crippen LogP contribution in [0.3, 0.4) is 0 Å². The highest BCUT2D eigenvalue weighted by atomic mass is 35.5. The number of hydrogen-bond donors (Lipinski definition) is 0. The number of benzene rings is 2. The van der Waals surface area contributed by atoms with Crippen LogP contribution >= 0.6 is 11.6 Å². The SMILES string of the molecule is Fc1ccc(Cc2nc(C3CCCCC3)cn2-c2ccc(Cl)cc2)cc1. The van der Waals surface area contributed by atoms with Gasteiger partial charge < -0.3 is 4.57 Å². The lowest BCUT2D eigenvalue weighted by Gasteiger charge is -2.19. The molecule has 4 heteroatoms. The van der Waals surface area contributed by atoms with Crippen molar-refractivity contribution in [3.63, 3.8) is 0 Å². The molecule has 0 unspecified atom stereocenters. The Hall–Kier alpha value is -2.13. The van der Waals surface area contributed by atoms with Crippen LogP contribution < -0.4 is 0 Å². The first kappa shape index (κ1) is 17.3. The minimum absolute atomic E-state index is 0.210. The van der Waals surface area contributed by atoms with Gasteiger partial charge in [-0.2, -0.15) is 0 Å². The molecule has 26 heavy (non-hydrogen) atoms. The Balaban J connectivity index is 1.70. The van der Waals surface area contributed by atoms with Crippen molar-refractivity contribution in [1.82, 2.24) is 9.55 Å². The van der Waals surface area contributed by atoms with Crippen molar-refractivity contribution in [3.05, 3.63) is 82.6 Å². The molecular formula is C22H22ClFN2. The molecule has 134 valence electrons. The third-order valence-electron chi connectivity index (χ3n) is 5.20. The summed E-state index contributed by atoms with van der Waals surface area (Å²) in [5.41, 5.74) is 3.29. The zero-order valence-electron chi connectivity index (χ0n) is 14.7. The molecule has 0 aliphatic heterocycles. The van der Waals surface area contributed by atoms with Crippen molar-refractivity contribution in [2.45, 2.75) is 44.4 Å². The Bertz CT molecular complexity index is 862. The van der Waals surface area contributed by atoms with E-state index in [9.17, 15) is 4.39 Å². The molecule has 0 amide bonds. The Morgan fingerprint density at radius 1 is 0.962 bits per heavy atom. The Morgan fingerprint density at radius 3 is 2.35 bits per heavy atom. The van der Waals surface area contributed by atoms with E-state index < -0.39 is 0 Å². The van der Waals surface area contributed by atoms with E-state index in [0.29, 0.717) is 12.3 Å². The highest BCUT2D eigenvalue weighted by Crippen LogP contribution is 2.33. The van der Waals surface area contributed by atoms with Gasteiger partial charge in [-0.25, -0.2) is 9.37 Å². The van der Waals surface area contributed by atoms with Gasteiger partial charge in [-0.3, -0.25) is 0 Å². The normalized spacial score (nSPS) is 15.3. The summed E-state index contributed by atoms with van der Waals surface area (Å²) in [6, 6.07) is 14.5. The van der Waals surface area contributed by atoms with E-state index in [0.717, 1.165) is 22.1 Å². The van der Waals surface area contributed by atoms with E-state index in [4.69, 9.17) is 16.6 Å². The third kappa shape index (κ3) is 3.83. The molecule has 0 bridgehead atoms. The molecule has 0 atom stereocenters. The number of rotatable bonds is 4. The van der Waals surface area contributed by atoms with Crippen LogP contribution in [0.2, 0.25) is 5.02 Å². The maximum absolute atomic E-state index is 13.2. The quantitative estimate of drug-likeness (QED) is 0.528. The zero-order chi connectivity index (χ0) is 17.9. The van der Waals surface area contributed by atoms with Crippen molar-refractivity contribution in [2.24, 2.45) is 0 Å². The monoisotopic (exact) mass is 368 g/mol. The smallest absolute Gasteiger partial charge is 0.123 e. The Kier molecular flexibility index (Phi) is 5.07. The number of imidazole rings is 1. The van der Waals surface area contributed by atoms with Crippen LogP contribution in [0.15, 0.2) is 54.7 Å². The highest BCUT2D eigenvalue weighted by molar-refractivity contribution is 6.30. The first-order valence-electron chi connectivity index (χ1n) is 9.27. The second-order valence-electron chi connectivity index (χ2n) is 7.07. The average Bonchev–Trinajstić information content (AvgIpc) is 3.09. The number of aromatic nitrogens is 2. The molecule has 1 aliphatic carbocycles. The van der Waals surface area contributed by atoms with Gasteiger partial charge in [-0.15, -0.1) is 0 Å². The minimum Gasteiger partial charge on any atom is -0.303 e. The lowest BCUT2D eigenvalue weighted by atomic mass is 9.87. The minimum atomic E-state index is -0.210. The Labute approximate surface area is 158 Å². The highest BCUT2D eigenvalue weighted by Gasteiger charge is 2.20. The summed E-state index contributed by atoms with van der Waals surface area (Å²) < 4.78 is 15.4. The molecule has 0 radical (unpaired) electrons. The summed E-state index contributed by atoms with van der Waals surface area (Å²) in [5, 5.41) is 0.724. The third-order valence-corrected chi connectivity index (χ3v) is 5.45. The van der Waals surface area contributed by atoms with Gasteiger partial charge in [0, 0.05) is 29.2 Å². The summed E-state index contributed by atoms with van der Waals surface area (Å²) in [7, 11) is 0. The molecule has 4 rings (SSSR count). The van der Waals surface area contributed by atoms with E-state index in [1.165, 1.54) is 49.9 Å². The topological polar surface area (TPSA) is 17.8 Å². The van der Waals surface area contributed by atoms with Crippen molar-refractivity contribution < 1.29 is 4.39 Å². The van der Waals surface area contributed by atoms with Gasteiger partial charge in [0.05, 0.1) is 5.69 Å². The van der Waals surface area contributed by atoms with E-state index in [-0.39, 0.29) is 5.82 Å². The fraction of sp³-hybridized carbons (Fsp3) is 0.318. The fourth-order valence-corrected chi connectivity index (χ4v) is 3.89. The molecule has 1 saturated carbocycles. The molecule has 1 heterocycles. The van der Waals surface area contributed by atoms with Crippen molar-refractivity contribution >= 4 is 11.6 Å². The summed E-state index contributed by atoms with van der Waals surface area (Å²) in [6.07, 6.45) is 9.18. The van der Waals surface area contributed by atoms with Gasteiger partial charge in [0.1, 0.15) is 11.6 Å². The average molecular weight is 369 g/mol. The first-order valence-corrected chi connectivity index (χ1v) is 9.65. The van der Waals surface area contributed by atoms with Crippen LogP contribution in [-0.4, -0.2) is 9.55 Å². The molecular weight excluding hydrogens is 347 g/mol. The summed E-state index contributed by atoms with van der Waals surface area (Å²) in [4.78, 5) is 4.99. The van der Waals surface area contributed by atoms with Crippen LogP contribution in [0.1, 0.15) is 55.1 Å². The molecule has 1 aliphatic rings. The van der Waals surface area contributed by atoms with Crippen LogP contribution in [0.25, 0.3) is 5.69 Å². The largest absolute Gasteiger partial charge is 0.303 e. The molecule has 0 saturated heterocycles. The van der Waals surface area contributed by atoms with Crippen molar-refractivity contribution in [3.8, 4) is 5.69 Å². The van der Waals surface area contributed by atoms with E-state index in [2.05, 4.69) is 10.8 Å². The summed E-state index contributed by atoms with van der Waals surface area (Å²) in [6.45, 7) is 0. The summed E-state index contributed by atoms with van der Waals surface area (Å²) in [5.74, 6) is 1.32. The van der Waals surface area contributed by atoms with Crippen LogP contribution in [-0.2, 0) is 6.42 Å². The molecule has 0 spiro atoms. The molecule has 1 aromatic heterocycles. The van der Waals surface area contributed by atoms with Crippen molar-refractivity contribution in [1.29, 1.82) is 0 Å². The maximum Gasteiger partial charge on any atom is 0.123 e. The van der Waals surface area contributed by atoms with Crippen LogP contribution in [0.4, 0.5) is 4.39 Å². The molecule has 2 aromatic carbocycles. The zero-order valence-corrected chi connectivity index (χ0v) is 15.4.